The first-order chi connectivity index (χ1) is 14.6. The van der Waals surface area contributed by atoms with Crippen molar-refractivity contribution in [1.82, 2.24) is 19.9 Å². The number of rotatable bonds is 6. The van der Waals surface area contributed by atoms with Gasteiger partial charge in [-0.25, -0.2) is 9.97 Å². The molecule has 1 fully saturated rings. The number of aliphatic hydroxyl groups excluding tert-OH is 1. The molecule has 3 heterocycles. The lowest BCUT2D eigenvalue weighted by Crippen LogP contribution is -2.57. The van der Waals surface area contributed by atoms with Gasteiger partial charge in [0, 0.05) is 19.6 Å². The topological polar surface area (TPSA) is 127 Å². The normalized spacial score (nSPS) is 16.7. The highest BCUT2D eigenvalue weighted by Crippen LogP contribution is 2.28. The Bertz CT molecular complexity index is 1030. The zero-order valence-corrected chi connectivity index (χ0v) is 17.2. The van der Waals surface area contributed by atoms with Crippen molar-refractivity contribution in [3.8, 4) is 11.5 Å². The van der Waals surface area contributed by atoms with Crippen molar-refractivity contribution in [3.63, 3.8) is 0 Å². The lowest BCUT2D eigenvalue weighted by atomic mass is 10.1. The molecule has 1 aliphatic heterocycles. The highest BCUT2D eigenvalue weighted by atomic mass is 32.1. The van der Waals surface area contributed by atoms with Crippen molar-refractivity contribution in [2.24, 2.45) is 0 Å². The summed E-state index contributed by atoms with van der Waals surface area (Å²) < 4.78 is 10.7. The lowest BCUT2D eigenvalue weighted by Gasteiger charge is -2.41. The summed E-state index contributed by atoms with van der Waals surface area (Å²) in [6, 6.07) is 6.71. The smallest absolute Gasteiger partial charge is 0.260 e. The van der Waals surface area contributed by atoms with E-state index in [0.29, 0.717) is 41.5 Å². The summed E-state index contributed by atoms with van der Waals surface area (Å²) >= 11 is 1.38. The maximum atomic E-state index is 12.6. The molecule has 0 bridgehead atoms. The van der Waals surface area contributed by atoms with Crippen LogP contribution in [0, 0.1) is 0 Å². The van der Waals surface area contributed by atoms with E-state index in [-0.39, 0.29) is 31.1 Å². The number of thiazole rings is 1. The summed E-state index contributed by atoms with van der Waals surface area (Å²) in [5.41, 5.74) is 8.18. The van der Waals surface area contributed by atoms with Crippen LogP contribution in [0.3, 0.4) is 0 Å². The van der Waals surface area contributed by atoms with Gasteiger partial charge >= 0.3 is 0 Å². The van der Waals surface area contributed by atoms with E-state index in [1.807, 2.05) is 4.90 Å². The van der Waals surface area contributed by atoms with E-state index >= 15 is 0 Å². The molecule has 1 aromatic carbocycles. The molecule has 0 radical (unpaired) electrons. The molecule has 3 N–H and O–H groups in total. The van der Waals surface area contributed by atoms with Crippen LogP contribution in [0.15, 0.2) is 29.8 Å². The van der Waals surface area contributed by atoms with Crippen LogP contribution in [0.25, 0.3) is 10.3 Å². The lowest BCUT2D eigenvalue weighted by molar-refractivity contribution is -0.134. The van der Waals surface area contributed by atoms with Crippen LogP contribution in [0.5, 0.6) is 11.5 Å². The summed E-state index contributed by atoms with van der Waals surface area (Å²) in [6.07, 6.45) is 0. The van der Waals surface area contributed by atoms with Crippen LogP contribution in [0.4, 0.5) is 11.8 Å². The number of methoxy groups -OCH3 is 1. The van der Waals surface area contributed by atoms with Gasteiger partial charge in [0.25, 0.3) is 5.91 Å². The maximum Gasteiger partial charge on any atom is 0.260 e. The second-order valence-electron chi connectivity index (χ2n) is 6.75. The van der Waals surface area contributed by atoms with Crippen LogP contribution in [0.1, 0.15) is 0 Å². The van der Waals surface area contributed by atoms with Crippen molar-refractivity contribution >= 4 is 39.4 Å². The number of fused-ring (bicyclic) bond motifs is 1. The van der Waals surface area contributed by atoms with Gasteiger partial charge in [-0.1, -0.05) is 0 Å². The van der Waals surface area contributed by atoms with Crippen molar-refractivity contribution < 1.29 is 19.4 Å². The van der Waals surface area contributed by atoms with Gasteiger partial charge in [-0.05, 0) is 24.3 Å². The first-order valence-electron chi connectivity index (χ1n) is 9.38. The number of anilines is 2. The molecule has 1 atom stereocenters. The fourth-order valence-corrected chi connectivity index (χ4v) is 4.05. The van der Waals surface area contributed by atoms with Crippen LogP contribution in [-0.4, -0.2) is 76.9 Å². The zero-order valence-electron chi connectivity index (χ0n) is 16.4. The zero-order chi connectivity index (χ0) is 21.1. The van der Waals surface area contributed by atoms with E-state index < -0.39 is 0 Å². The molecule has 2 aromatic heterocycles. The SMILES string of the molecule is COc1ccc(OCC(=O)N2CCN(c3nc(N)nc4scnc34)C(CO)C2)cc1. The van der Waals surface area contributed by atoms with Gasteiger partial charge in [-0.2, -0.15) is 4.98 Å². The van der Waals surface area contributed by atoms with E-state index in [0.717, 1.165) is 5.75 Å². The minimum Gasteiger partial charge on any atom is -0.497 e. The molecule has 1 unspecified atom stereocenters. The molecule has 1 saturated heterocycles. The van der Waals surface area contributed by atoms with E-state index in [1.54, 1.807) is 41.8 Å². The predicted molar refractivity (Wildman–Crippen MR) is 113 cm³/mol. The summed E-state index contributed by atoms with van der Waals surface area (Å²) in [7, 11) is 1.59. The van der Waals surface area contributed by atoms with E-state index in [2.05, 4.69) is 15.0 Å². The fourth-order valence-electron chi connectivity index (χ4n) is 3.39. The van der Waals surface area contributed by atoms with Gasteiger partial charge in [-0.15, -0.1) is 11.3 Å². The monoisotopic (exact) mass is 430 g/mol. The van der Waals surface area contributed by atoms with Crippen molar-refractivity contribution in [2.75, 3.05) is 50.6 Å². The average Bonchev–Trinajstić information content (AvgIpc) is 3.25. The van der Waals surface area contributed by atoms with Gasteiger partial charge in [0.15, 0.2) is 17.3 Å². The molecule has 0 aliphatic carbocycles. The minimum absolute atomic E-state index is 0.0821. The van der Waals surface area contributed by atoms with Gasteiger partial charge in [0.2, 0.25) is 5.95 Å². The fraction of sp³-hybridized carbons (Fsp3) is 0.368. The molecule has 1 aliphatic rings. The van der Waals surface area contributed by atoms with Crippen LogP contribution in [0.2, 0.25) is 0 Å². The quantitative estimate of drug-likeness (QED) is 0.583. The number of carbonyl (C=O) groups excluding carboxylic acids is 1. The minimum atomic E-state index is -0.331. The predicted octanol–water partition coefficient (Wildman–Crippen LogP) is 0.766. The second-order valence-corrected chi connectivity index (χ2v) is 7.58. The summed E-state index contributed by atoms with van der Waals surface area (Å²) in [5.74, 6) is 1.90. The van der Waals surface area contributed by atoms with Crippen molar-refractivity contribution in [2.45, 2.75) is 6.04 Å². The van der Waals surface area contributed by atoms with Crippen LogP contribution in [-0.2, 0) is 4.79 Å². The third-order valence-electron chi connectivity index (χ3n) is 4.94. The van der Waals surface area contributed by atoms with Gasteiger partial charge < -0.3 is 30.1 Å². The van der Waals surface area contributed by atoms with Crippen LogP contribution < -0.4 is 20.1 Å². The standard InChI is InChI=1S/C19H22N6O4S/c1-28-13-2-4-14(5-3-13)29-10-15(27)24-6-7-25(12(8-24)9-26)17-16-18(30-11-21-16)23-19(20)22-17/h2-5,11-12,26H,6-10H2,1H3,(H2,20,22,23). The Morgan fingerprint density at radius 1 is 1.27 bits per heavy atom. The molecule has 158 valence electrons. The molecule has 4 rings (SSSR count). The number of nitrogen functional groups attached to an aromatic ring is 1. The summed E-state index contributed by atoms with van der Waals surface area (Å²) in [6.45, 7) is 1.08. The Labute approximate surface area is 176 Å². The first-order valence-corrected chi connectivity index (χ1v) is 10.3. The number of aromatic nitrogens is 3. The maximum absolute atomic E-state index is 12.6. The molecule has 0 saturated carbocycles. The second kappa shape index (κ2) is 8.67. The molecule has 1 amide bonds. The molecule has 30 heavy (non-hydrogen) atoms. The third kappa shape index (κ3) is 4.07. The van der Waals surface area contributed by atoms with E-state index in [4.69, 9.17) is 15.2 Å². The third-order valence-corrected chi connectivity index (χ3v) is 5.66. The van der Waals surface area contributed by atoms with Gasteiger partial charge in [0.1, 0.15) is 17.0 Å². The van der Waals surface area contributed by atoms with Crippen molar-refractivity contribution in [3.05, 3.63) is 29.8 Å². The molecule has 10 nitrogen and oxygen atoms in total. The molecule has 11 heteroatoms. The number of nitrogens with zero attached hydrogens (tertiary/aromatic N) is 5. The number of carbonyl (C=O) groups is 1. The van der Waals surface area contributed by atoms with Gasteiger partial charge in [0.05, 0.1) is 25.3 Å². The Hall–Kier alpha value is -3.18. The first kappa shape index (κ1) is 20.1. The number of ether oxygens (including phenoxy) is 2. The van der Waals surface area contributed by atoms with Crippen LogP contribution >= 0.6 is 11.3 Å². The number of hydrogen-bond donors (Lipinski definition) is 2. The average molecular weight is 430 g/mol. The Kier molecular flexibility index (Phi) is 5.81. The highest BCUT2D eigenvalue weighted by molar-refractivity contribution is 7.16. The number of aliphatic hydroxyl groups is 1. The Morgan fingerprint density at radius 3 is 2.77 bits per heavy atom. The number of benzene rings is 1. The molecular weight excluding hydrogens is 408 g/mol. The Morgan fingerprint density at radius 2 is 2.03 bits per heavy atom. The molecular formula is C19H22N6O4S. The van der Waals surface area contributed by atoms with E-state index in [9.17, 15) is 9.90 Å². The number of amides is 1. The Balaban J connectivity index is 1.42. The van der Waals surface area contributed by atoms with Crippen molar-refractivity contribution in [1.29, 1.82) is 0 Å². The number of piperazine rings is 1. The molecule has 0 spiro atoms. The summed E-state index contributed by atoms with van der Waals surface area (Å²) in [5, 5.41) is 9.96. The highest BCUT2D eigenvalue weighted by Gasteiger charge is 2.32. The number of hydrogen-bond acceptors (Lipinski definition) is 10. The largest absolute Gasteiger partial charge is 0.497 e. The van der Waals surface area contributed by atoms with Gasteiger partial charge in [-0.3, -0.25) is 4.79 Å². The number of nitrogens with two attached hydrogens (primary N) is 1. The van der Waals surface area contributed by atoms with E-state index in [1.165, 1.54) is 11.3 Å². The molecule has 3 aromatic rings. The summed E-state index contributed by atoms with van der Waals surface area (Å²) in [4.78, 5) is 29.8.